The zero-order valence-electron chi connectivity index (χ0n) is 31.3. The molecule has 4 aliphatic carbocycles. The minimum Gasteiger partial charge on any atom is -0.300 e. The van der Waals surface area contributed by atoms with E-state index in [0.29, 0.717) is 22.5 Å². The van der Waals surface area contributed by atoms with Crippen molar-refractivity contribution in [3.05, 3.63) is 0 Å². The van der Waals surface area contributed by atoms with Gasteiger partial charge in [0.25, 0.3) is 0 Å². The molecule has 0 aromatic carbocycles. The van der Waals surface area contributed by atoms with Crippen LogP contribution in [0.1, 0.15) is 205 Å². The van der Waals surface area contributed by atoms with Crippen LogP contribution in [-0.4, -0.2) is 5.78 Å². The van der Waals surface area contributed by atoms with Crippen molar-refractivity contribution in [3.8, 4) is 6.07 Å². The van der Waals surface area contributed by atoms with Gasteiger partial charge in [-0.3, -0.25) is 4.79 Å². The van der Waals surface area contributed by atoms with Crippen LogP contribution in [0.15, 0.2) is 0 Å². The van der Waals surface area contributed by atoms with E-state index in [9.17, 15) is 4.79 Å². The molecular formula is C41H77NO. The Balaban J connectivity index is 0.000000287. The van der Waals surface area contributed by atoms with E-state index >= 15 is 0 Å². The lowest BCUT2D eigenvalue weighted by atomic mass is 9.65. The van der Waals surface area contributed by atoms with Crippen LogP contribution in [-0.2, 0) is 4.79 Å². The molecular weight excluding hydrogens is 522 g/mol. The Hall–Kier alpha value is -0.840. The molecule has 252 valence electrons. The summed E-state index contributed by atoms with van der Waals surface area (Å²) in [7, 11) is 0. The molecule has 4 aliphatic rings. The van der Waals surface area contributed by atoms with Crippen LogP contribution in [0.4, 0.5) is 0 Å². The maximum atomic E-state index is 11.0. The number of nitriles is 1. The second-order valence-electron chi connectivity index (χ2n) is 17.1. The Morgan fingerprint density at radius 1 is 0.558 bits per heavy atom. The highest BCUT2D eigenvalue weighted by Crippen LogP contribution is 2.45. The molecule has 2 heteroatoms. The van der Waals surface area contributed by atoms with Crippen molar-refractivity contribution >= 4 is 5.78 Å². The van der Waals surface area contributed by atoms with Crippen LogP contribution < -0.4 is 0 Å². The first kappa shape index (κ1) is 40.2. The van der Waals surface area contributed by atoms with Crippen molar-refractivity contribution in [3.63, 3.8) is 0 Å². The number of carbonyl (C=O) groups is 1. The predicted octanol–water partition coefficient (Wildman–Crippen LogP) is 13.5. The summed E-state index contributed by atoms with van der Waals surface area (Å²) >= 11 is 0. The second-order valence-corrected chi connectivity index (χ2v) is 17.1. The van der Waals surface area contributed by atoms with Crippen molar-refractivity contribution in [2.45, 2.75) is 205 Å². The summed E-state index contributed by atoms with van der Waals surface area (Å²) in [5.41, 5.74) is 1.86. The van der Waals surface area contributed by atoms with Crippen molar-refractivity contribution in [1.29, 1.82) is 5.26 Å². The van der Waals surface area contributed by atoms with Crippen molar-refractivity contribution in [1.82, 2.24) is 0 Å². The molecule has 0 aromatic rings. The molecule has 0 aromatic heterocycles. The monoisotopic (exact) mass is 600 g/mol. The van der Waals surface area contributed by atoms with Gasteiger partial charge in [-0.2, -0.15) is 5.26 Å². The number of rotatable bonds is 5. The second kappa shape index (κ2) is 19.0. The van der Waals surface area contributed by atoms with Crippen molar-refractivity contribution in [2.24, 2.45) is 45.3 Å². The van der Waals surface area contributed by atoms with Gasteiger partial charge in [0, 0.05) is 12.8 Å². The van der Waals surface area contributed by atoms with Crippen molar-refractivity contribution < 1.29 is 4.79 Å². The van der Waals surface area contributed by atoms with Crippen LogP contribution in [0.3, 0.4) is 0 Å². The van der Waals surface area contributed by atoms with Gasteiger partial charge >= 0.3 is 0 Å². The Bertz CT molecular complexity index is 784. The molecule has 2 nitrogen and oxygen atoms in total. The lowest BCUT2D eigenvalue weighted by Crippen LogP contribution is -2.29. The average Bonchev–Trinajstić information content (AvgIpc) is 3.00. The summed E-state index contributed by atoms with van der Waals surface area (Å²) in [4.78, 5) is 11.0. The van der Waals surface area contributed by atoms with Gasteiger partial charge in [0.2, 0.25) is 0 Å². The third-order valence-electron chi connectivity index (χ3n) is 13.6. The molecule has 0 heterocycles. The maximum absolute atomic E-state index is 11.0. The van der Waals surface area contributed by atoms with Gasteiger partial charge in [0.1, 0.15) is 5.78 Å². The first-order chi connectivity index (χ1) is 20.1. The summed E-state index contributed by atoms with van der Waals surface area (Å²) in [6.07, 6.45) is 26.1. The van der Waals surface area contributed by atoms with E-state index in [4.69, 9.17) is 5.26 Å². The van der Waals surface area contributed by atoms with Gasteiger partial charge in [0.15, 0.2) is 0 Å². The standard InChI is InChI=1S/C11H22.C10H17N.C10H18O.C10H20/c1-4-11(10(2)3)8-6-5-7-9-11;1-9(2)10(8-11)6-4-3-5-7-10;1-8(2)10(3)6-4-9(11)5-7-10;1-9(2)10(3)7-5-4-6-8-10/h10H,4-9H2,1-3H3;9H,3-7H2,1-2H3;8H,4-7H2,1-3H3;9H,4-8H2,1-3H3. The summed E-state index contributed by atoms with van der Waals surface area (Å²) in [6.45, 7) is 25.5. The van der Waals surface area contributed by atoms with Gasteiger partial charge in [-0.1, -0.05) is 140 Å². The smallest absolute Gasteiger partial charge is 0.132 e. The number of hydrogen-bond donors (Lipinski definition) is 0. The first-order valence-electron chi connectivity index (χ1n) is 19.0. The predicted molar refractivity (Wildman–Crippen MR) is 189 cm³/mol. The van der Waals surface area contributed by atoms with E-state index in [1.807, 2.05) is 0 Å². The minimum absolute atomic E-state index is 0.0260. The Morgan fingerprint density at radius 3 is 1.19 bits per heavy atom. The van der Waals surface area contributed by atoms with Gasteiger partial charge in [0.05, 0.1) is 11.5 Å². The zero-order valence-corrected chi connectivity index (χ0v) is 31.3. The van der Waals surface area contributed by atoms with Gasteiger partial charge < -0.3 is 0 Å². The number of ketones is 1. The molecule has 43 heavy (non-hydrogen) atoms. The quantitative estimate of drug-likeness (QED) is 0.315. The number of carbonyl (C=O) groups excluding carboxylic acids is 1. The lowest BCUT2D eigenvalue weighted by molar-refractivity contribution is -0.122. The fourth-order valence-corrected chi connectivity index (χ4v) is 8.21. The van der Waals surface area contributed by atoms with Gasteiger partial charge in [-0.15, -0.1) is 0 Å². The largest absolute Gasteiger partial charge is 0.300 e. The van der Waals surface area contributed by atoms with Gasteiger partial charge in [-0.05, 0) is 91.3 Å². The van der Waals surface area contributed by atoms with Crippen LogP contribution in [0.2, 0.25) is 0 Å². The molecule has 4 fully saturated rings. The van der Waals surface area contributed by atoms with E-state index in [1.165, 1.54) is 89.9 Å². The fraction of sp³-hybridized carbons (Fsp3) is 0.951. The molecule has 4 rings (SSSR count). The molecule has 0 radical (unpaired) electrons. The highest BCUT2D eigenvalue weighted by Gasteiger charge is 2.35. The average molecular weight is 600 g/mol. The Morgan fingerprint density at radius 2 is 0.930 bits per heavy atom. The maximum Gasteiger partial charge on any atom is 0.132 e. The summed E-state index contributed by atoms with van der Waals surface area (Å²) < 4.78 is 0. The van der Waals surface area contributed by atoms with E-state index < -0.39 is 0 Å². The molecule has 0 N–H and O–H groups in total. The molecule has 0 aliphatic heterocycles. The third-order valence-corrected chi connectivity index (χ3v) is 13.6. The van der Waals surface area contributed by atoms with Gasteiger partial charge in [-0.25, -0.2) is 0 Å². The number of nitrogens with zero attached hydrogens (tertiary/aromatic N) is 1. The minimum atomic E-state index is 0.0260. The first-order valence-corrected chi connectivity index (χ1v) is 19.0. The Labute approximate surface area is 271 Å². The van der Waals surface area contributed by atoms with E-state index in [2.05, 4.69) is 82.2 Å². The molecule has 0 bridgehead atoms. The summed E-state index contributed by atoms with van der Waals surface area (Å²) in [5.74, 6) is 3.49. The third kappa shape index (κ3) is 12.5. The number of Topliss-reactive ketones (excluding diaryl/α,β-unsaturated/α-hetero) is 1. The topological polar surface area (TPSA) is 40.9 Å². The molecule has 0 saturated heterocycles. The van der Waals surface area contributed by atoms with Crippen molar-refractivity contribution in [2.75, 3.05) is 0 Å². The Kier molecular flexibility index (Phi) is 17.7. The highest BCUT2D eigenvalue weighted by atomic mass is 16.1. The van der Waals surface area contributed by atoms with E-state index in [0.717, 1.165) is 61.7 Å². The van der Waals surface area contributed by atoms with Crippen LogP contribution >= 0.6 is 0 Å². The van der Waals surface area contributed by atoms with E-state index in [1.54, 1.807) is 0 Å². The lowest BCUT2D eigenvalue weighted by Gasteiger charge is -2.40. The molecule has 0 amide bonds. The molecule has 0 unspecified atom stereocenters. The summed E-state index contributed by atoms with van der Waals surface area (Å²) in [6, 6.07) is 2.52. The normalized spacial score (nSPS) is 24.1. The van der Waals surface area contributed by atoms with Crippen LogP contribution in [0, 0.1) is 56.7 Å². The summed E-state index contributed by atoms with van der Waals surface area (Å²) in [5, 5.41) is 9.06. The highest BCUT2D eigenvalue weighted by molar-refractivity contribution is 5.79. The fourth-order valence-electron chi connectivity index (χ4n) is 8.21. The number of hydrogen-bond acceptors (Lipinski definition) is 2. The van der Waals surface area contributed by atoms with Crippen LogP contribution in [0.5, 0.6) is 0 Å². The molecule has 0 atom stereocenters. The molecule has 4 saturated carbocycles. The SMILES string of the molecule is CC(C)C1(C#N)CCCCC1.CC(C)C1(C)CCC(=O)CC1.CC(C)C1(C)CCCCC1.CCC1(C(C)C)CCCCC1. The van der Waals surface area contributed by atoms with Crippen LogP contribution in [0.25, 0.3) is 0 Å². The zero-order chi connectivity index (χ0) is 32.7. The van der Waals surface area contributed by atoms with E-state index in [-0.39, 0.29) is 5.41 Å². The molecule has 0 spiro atoms.